The number of aromatic amines is 1. The molecule has 0 aliphatic carbocycles. The van der Waals surface area contributed by atoms with Gasteiger partial charge in [-0.15, -0.1) is 0 Å². The van der Waals surface area contributed by atoms with Gasteiger partial charge in [-0.25, -0.2) is 4.98 Å². The largest absolute Gasteiger partial charge is 0.385 e. The molecule has 0 unspecified atom stereocenters. The maximum Gasteiger partial charge on any atom is 0.278 e. The number of aryl methyl sites for hydroxylation is 3. The number of imidazole rings is 1. The summed E-state index contributed by atoms with van der Waals surface area (Å²) in [6.45, 7) is 5.54. The molecule has 0 spiro atoms. The van der Waals surface area contributed by atoms with E-state index in [1.807, 2.05) is 29.7 Å². The first-order valence-corrected chi connectivity index (χ1v) is 8.37. The van der Waals surface area contributed by atoms with E-state index in [0.29, 0.717) is 30.3 Å². The smallest absolute Gasteiger partial charge is 0.278 e. The van der Waals surface area contributed by atoms with Crippen molar-refractivity contribution in [2.75, 3.05) is 19.0 Å². The number of nitrogens with one attached hydrogen (secondary N) is 2. The molecule has 2 N–H and O–H groups in total. The number of hydrogen-bond acceptors (Lipinski definition) is 5. The Kier molecular flexibility index (Phi) is 5.14. The van der Waals surface area contributed by atoms with Crippen LogP contribution in [0.4, 0.5) is 11.6 Å². The van der Waals surface area contributed by atoms with Crippen molar-refractivity contribution >= 4 is 22.8 Å². The molecule has 0 saturated carbocycles. The third-order valence-electron chi connectivity index (χ3n) is 4.25. The van der Waals surface area contributed by atoms with Gasteiger partial charge in [-0.2, -0.15) is 4.98 Å². The van der Waals surface area contributed by atoms with Crippen LogP contribution < -0.4 is 10.9 Å². The highest BCUT2D eigenvalue weighted by atomic mass is 16.5. The first kappa shape index (κ1) is 17.2. The molecule has 0 aliphatic heterocycles. The number of methoxy groups -OCH3 is 1. The van der Waals surface area contributed by atoms with E-state index < -0.39 is 0 Å². The van der Waals surface area contributed by atoms with E-state index in [1.54, 1.807) is 13.4 Å². The van der Waals surface area contributed by atoms with Crippen molar-refractivity contribution < 1.29 is 4.74 Å². The summed E-state index contributed by atoms with van der Waals surface area (Å²) in [6.07, 6.45) is 3.52. The summed E-state index contributed by atoms with van der Waals surface area (Å²) in [5.74, 6) is 0.394. The Balaban J connectivity index is 1.82. The maximum absolute atomic E-state index is 12.5. The average molecular weight is 341 g/mol. The minimum atomic E-state index is -0.194. The number of hydrogen-bond donors (Lipinski definition) is 2. The third kappa shape index (κ3) is 3.88. The van der Waals surface area contributed by atoms with Gasteiger partial charge in [0.2, 0.25) is 5.95 Å². The second-order valence-corrected chi connectivity index (χ2v) is 6.15. The molecule has 0 fully saturated rings. The number of ether oxygens (including phenoxy) is 1. The number of anilines is 2. The van der Waals surface area contributed by atoms with E-state index in [9.17, 15) is 4.79 Å². The fourth-order valence-corrected chi connectivity index (χ4v) is 2.70. The van der Waals surface area contributed by atoms with Crippen LogP contribution in [0.25, 0.3) is 11.2 Å². The lowest BCUT2D eigenvalue weighted by Crippen LogP contribution is -2.14. The number of fused-ring (bicyclic) bond motifs is 1. The van der Waals surface area contributed by atoms with Crippen LogP contribution in [0.3, 0.4) is 0 Å². The van der Waals surface area contributed by atoms with Crippen molar-refractivity contribution in [3.05, 3.63) is 46.0 Å². The topological polar surface area (TPSA) is 84.8 Å². The van der Waals surface area contributed by atoms with Gasteiger partial charge in [-0.3, -0.25) is 9.78 Å². The number of benzene rings is 1. The SMILES string of the molecule is COCCCCn1cnc2nc(Nc3ccc(C)c(C)c3)[nH]c(=O)c21. The second kappa shape index (κ2) is 7.48. The highest BCUT2D eigenvalue weighted by molar-refractivity contribution is 5.71. The fourth-order valence-electron chi connectivity index (χ4n) is 2.70. The molecule has 0 amide bonds. The van der Waals surface area contributed by atoms with Gasteiger partial charge in [0, 0.05) is 25.9 Å². The highest BCUT2D eigenvalue weighted by Gasteiger charge is 2.10. The first-order chi connectivity index (χ1) is 12.1. The summed E-state index contributed by atoms with van der Waals surface area (Å²) in [7, 11) is 1.69. The average Bonchev–Trinajstić information content (AvgIpc) is 2.99. The van der Waals surface area contributed by atoms with Gasteiger partial charge < -0.3 is 14.6 Å². The molecule has 3 aromatic rings. The number of rotatable bonds is 7. The van der Waals surface area contributed by atoms with Gasteiger partial charge >= 0.3 is 0 Å². The minimum Gasteiger partial charge on any atom is -0.385 e. The zero-order chi connectivity index (χ0) is 17.8. The van der Waals surface area contributed by atoms with Crippen molar-refractivity contribution in [1.29, 1.82) is 0 Å². The van der Waals surface area contributed by atoms with Crippen LogP contribution in [0.1, 0.15) is 24.0 Å². The summed E-state index contributed by atoms with van der Waals surface area (Å²) in [4.78, 5) is 24.0. The zero-order valence-corrected chi connectivity index (χ0v) is 14.8. The monoisotopic (exact) mass is 341 g/mol. The van der Waals surface area contributed by atoms with Crippen molar-refractivity contribution in [2.45, 2.75) is 33.2 Å². The van der Waals surface area contributed by atoms with Crippen molar-refractivity contribution in [3.63, 3.8) is 0 Å². The Hall–Kier alpha value is -2.67. The molecule has 7 nitrogen and oxygen atoms in total. The van der Waals surface area contributed by atoms with E-state index in [2.05, 4.69) is 27.2 Å². The molecule has 0 bridgehead atoms. The first-order valence-electron chi connectivity index (χ1n) is 8.37. The summed E-state index contributed by atoms with van der Waals surface area (Å²) < 4.78 is 6.89. The van der Waals surface area contributed by atoms with Crippen LogP contribution in [-0.2, 0) is 11.3 Å². The van der Waals surface area contributed by atoms with Crippen molar-refractivity contribution in [2.24, 2.45) is 0 Å². The van der Waals surface area contributed by atoms with Gasteiger partial charge in [-0.1, -0.05) is 6.07 Å². The minimum absolute atomic E-state index is 0.194. The van der Waals surface area contributed by atoms with Gasteiger partial charge in [-0.05, 0) is 49.9 Å². The summed E-state index contributed by atoms with van der Waals surface area (Å²) in [5.41, 5.74) is 4.03. The molecule has 2 heterocycles. The molecule has 2 aromatic heterocycles. The number of unbranched alkanes of at least 4 members (excludes halogenated alkanes) is 1. The fraction of sp³-hybridized carbons (Fsp3) is 0.389. The molecule has 0 saturated heterocycles. The maximum atomic E-state index is 12.5. The van der Waals surface area contributed by atoms with E-state index in [1.165, 1.54) is 11.1 Å². The van der Waals surface area contributed by atoms with Crippen LogP contribution in [-0.4, -0.2) is 33.2 Å². The third-order valence-corrected chi connectivity index (χ3v) is 4.25. The molecule has 25 heavy (non-hydrogen) atoms. The van der Waals surface area contributed by atoms with Gasteiger partial charge in [0.25, 0.3) is 5.56 Å². The standard InChI is InChI=1S/C18H23N5O2/c1-12-6-7-14(10-13(12)2)20-18-21-16-15(17(24)22-18)23(11-19-16)8-4-5-9-25-3/h6-7,10-11H,4-5,8-9H2,1-3H3,(H2,20,21,22,24). The van der Waals surface area contributed by atoms with Gasteiger partial charge in [0.05, 0.1) is 6.33 Å². The van der Waals surface area contributed by atoms with Crippen LogP contribution in [0, 0.1) is 13.8 Å². The molecule has 7 heteroatoms. The number of nitrogens with zero attached hydrogens (tertiary/aromatic N) is 3. The van der Waals surface area contributed by atoms with E-state index in [-0.39, 0.29) is 5.56 Å². The Labute approximate surface area is 146 Å². The van der Waals surface area contributed by atoms with Gasteiger partial charge in [0.15, 0.2) is 11.2 Å². The molecular weight excluding hydrogens is 318 g/mol. The Bertz CT molecular complexity index is 929. The molecule has 0 atom stereocenters. The Morgan fingerprint density at radius 2 is 2.08 bits per heavy atom. The van der Waals surface area contributed by atoms with Crippen LogP contribution in [0.5, 0.6) is 0 Å². The molecule has 0 radical (unpaired) electrons. The van der Waals surface area contributed by atoms with Crippen LogP contribution in [0.2, 0.25) is 0 Å². The molecule has 132 valence electrons. The molecule has 1 aromatic carbocycles. The molecule has 0 aliphatic rings. The van der Waals surface area contributed by atoms with Gasteiger partial charge in [0.1, 0.15) is 0 Å². The summed E-state index contributed by atoms with van der Waals surface area (Å²) >= 11 is 0. The Morgan fingerprint density at radius 1 is 1.24 bits per heavy atom. The van der Waals surface area contributed by atoms with E-state index in [4.69, 9.17) is 4.74 Å². The molecule has 3 rings (SSSR count). The number of aromatic nitrogens is 4. The lowest BCUT2D eigenvalue weighted by Gasteiger charge is -2.08. The molecular formula is C18H23N5O2. The lowest BCUT2D eigenvalue weighted by molar-refractivity contribution is 0.191. The van der Waals surface area contributed by atoms with Crippen LogP contribution in [0.15, 0.2) is 29.3 Å². The van der Waals surface area contributed by atoms with E-state index >= 15 is 0 Å². The predicted octanol–water partition coefficient (Wildman–Crippen LogP) is 2.91. The van der Waals surface area contributed by atoms with Crippen molar-refractivity contribution in [1.82, 2.24) is 19.5 Å². The highest BCUT2D eigenvalue weighted by Crippen LogP contribution is 2.18. The quantitative estimate of drug-likeness (QED) is 0.646. The number of H-pyrrole nitrogens is 1. The van der Waals surface area contributed by atoms with Crippen molar-refractivity contribution in [3.8, 4) is 0 Å². The summed E-state index contributed by atoms with van der Waals surface area (Å²) in [6, 6.07) is 6.01. The second-order valence-electron chi connectivity index (χ2n) is 6.15. The Morgan fingerprint density at radius 3 is 2.84 bits per heavy atom. The normalized spacial score (nSPS) is 11.2. The van der Waals surface area contributed by atoms with Crippen LogP contribution >= 0.6 is 0 Å². The predicted molar refractivity (Wildman–Crippen MR) is 98.5 cm³/mol. The summed E-state index contributed by atoms with van der Waals surface area (Å²) in [5, 5.41) is 3.14. The lowest BCUT2D eigenvalue weighted by atomic mass is 10.1. The van der Waals surface area contributed by atoms with E-state index in [0.717, 1.165) is 18.5 Å². The zero-order valence-electron chi connectivity index (χ0n) is 14.8.